The zero-order valence-corrected chi connectivity index (χ0v) is 16.6. The Bertz CT molecular complexity index is 1080. The molecule has 2 N–H and O–H groups in total. The van der Waals surface area contributed by atoms with Crippen molar-refractivity contribution in [1.82, 2.24) is 20.2 Å². The van der Waals surface area contributed by atoms with Crippen molar-refractivity contribution in [2.45, 2.75) is 19.9 Å². The van der Waals surface area contributed by atoms with Crippen molar-refractivity contribution in [3.63, 3.8) is 0 Å². The lowest BCUT2D eigenvalue weighted by Crippen LogP contribution is -2.31. The molecular weight excluding hydrogens is 392 g/mol. The van der Waals surface area contributed by atoms with Gasteiger partial charge in [-0.25, -0.2) is 0 Å². The lowest BCUT2D eigenvalue weighted by molar-refractivity contribution is -0.113. The maximum Gasteiger partial charge on any atom is 0.255 e. The molecule has 1 aromatic heterocycles. The van der Waals surface area contributed by atoms with Crippen LogP contribution in [0.1, 0.15) is 25.5 Å². The van der Waals surface area contributed by atoms with Gasteiger partial charge in [0.2, 0.25) is 5.95 Å². The van der Waals surface area contributed by atoms with Gasteiger partial charge in [-0.1, -0.05) is 34.9 Å². The van der Waals surface area contributed by atoms with Gasteiger partial charge < -0.3 is 15.4 Å². The van der Waals surface area contributed by atoms with E-state index >= 15 is 0 Å². The van der Waals surface area contributed by atoms with E-state index in [1.165, 1.54) is 0 Å². The number of hydrogen-bond acceptors (Lipinski definition) is 6. The quantitative estimate of drug-likeness (QED) is 0.666. The molecule has 4 rings (SSSR count). The molecule has 1 unspecified atom stereocenters. The van der Waals surface area contributed by atoms with Crippen molar-refractivity contribution in [2.75, 3.05) is 17.2 Å². The summed E-state index contributed by atoms with van der Waals surface area (Å²) in [6.07, 6.45) is 0. The number of para-hydroxylation sites is 1. The molecule has 2 aromatic carbocycles. The summed E-state index contributed by atoms with van der Waals surface area (Å²) in [7, 11) is 0. The first-order chi connectivity index (χ1) is 14.1. The van der Waals surface area contributed by atoms with Crippen LogP contribution in [0.2, 0.25) is 5.02 Å². The predicted octanol–water partition coefficient (Wildman–Crippen LogP) is 3.65. The highest BCUT2D eigenvalue weighted by atomic mass is 35.5. The molecule has 0 aliphatic carbocycles. The Morgan fingerprint density at radius 3 is 2.76 bits per heavy atom. The molecule has 3 aromatic rings. The highest BCUT2D eigenvalue weighted by Crippen LogP contribution is 2.38. The Morgan fingerprint density at radius 1 is 1.24 bits per heavy atom. The number of carbonyl (C=O) groups is 1. The number of hydrogen-bond donors (Lipinski definition) is 2. The van der Waals surface area contributed by atoms with Crippen LogP contribution in [0.15, 0.2) is 59.8 Å². The summed E-state index contributed by atoms with van der Waals surface area (Å²) < 4.78 is 7.39. The van der Waals surface area contributed by atoms with Gasteiger partial charge >= 0.3 is 0 Å². The molecule has 9 heteroatoms. The zero-order valence-electron chi connectivity index (χ0n) is 15.9. The Hall–Kier alpha value is -3.39. The molecule has 1 aliphatic heterocycles. The van der Waals surface area contributed by atoms with Crippen LogP contribution in [0.5, 0.6) is 5.75 Å². The van der Waals surface area contributed by atoms with Gasteiger partial charge in [0.25, 0.3) is 5.91 Å². The molecule has 0 bridgehead atoms. The summed E-state index contributed by atoms with van der Waals surface area (Å²) in [6.45, 7) is 4.24. The molecule has 0 fully saturated rings. The van der Waals surface area contributed by atoms with Crippen LogP contribution in [0.25, 0.3) is 0 Å². The minimum absolute atomic E-state index is 0.269. The number of fused-ring (bicyclic) bond motifs is 1. The number of amides is 1. The van der Waals surface area contributed by atoms with Gasteiger partial charge in [-0.05, 0) is 54.6 Å². The first kappa shape index (κ1) is 18.9. The predicted molar refractivity (Wildman–Crippen MR) is 110 cm³/mol. The summed E-state index contributed by atoms with van der Waals surface area (Å²) in [5.74, 6) is 0.865. The first-order valence-corrected chi connectivity index (χ1v) is 9.50. The number of anilines is 2. The van der Waals surface area contributed by atoms with E-state index in [1.807, 2.05) is 38.1 Å². The SMILES string of the molecule is CCOc1ccccc1C1C(C(=O)Nc2ccc(Cl)cc2)=C(C)Nc2nnnn21. The van der Waals surface area contributed by atoms with Crippen LogP contribution < -0.4 is 15.4 Å². The molecule has 8 nitrogen and oxygen atoms in total. The van der Waals surface area contributed by atoms with E-state index in [0.717, 1.165) is 5.56 Å². The Kier molecular flexibility index (Phi) is 5.18. The van der Waals surface area contributed by atoms with Gasteiger partial charge in [0.05, 0.1) is 12.2 Å². The molecule has 29 heavy (non-hydrogen) atoms. The molecule has 0 saturated carbocycles. The number of ether oxygens (including phenoxy) is 1. The molecule has 1 atom stereocenters. The van der Waals surface area contributed by atoms with Gasteiger partial charge in [-0.15, -0.1) is 0 Å². The van der Waals surface area contributed by atoms with E-state index in [1.54, 1.807) is 28.9 Å². The summed E-state index contributed by atoms with van der Waals surface area (Å²) in [5, 5.41) is 18.5. The highest BCUT2D eigenvalue weighted by molar-refractivity contribution is 6.30. The van der Waals surface area contributed by atoms with Crippen LogP contribution in [0.4, 0.5) is 11.6 Å². The van der Waals surface area contributed by atoms with E-state index in [0.29, 0.717) is 40.3 Å². The second-order valence-corrected chi connectivity index (χ2v) is 6.88. The minimum atomic E-state index is -0.545. The van der Waals surface area contributed by atoms with Gasteiger partial charge in [-0.3, -0.25) is 4.79 Å². The number of rotatable bonds is 5. The monoisotopic (exact) mass is 410 g/mol. The van der Waals surface area contributed by atoms with Crippen molar-refractivity contribution < 1.29 is 9.53 Å². The molecular formula is C20H19ClN6O2. The van der Waals surface area contributed by atoms with Crippen LogP contribution in [-0.2, 0) is 4.79 Å². The number of nitrogens with zero attached hydrogens (tertiary/aromatic N) is 4. The number of halogens is 1. The summed E-state index contributed by atoms with van der Waals surface area (Å²) in [4.78, 5) is 13.3. The Balaban J connectivity index is 1.78. The van der Waals surface area contributed by atoms with Crippen molar-refractivity contribution in [1.29, 1.82) is 0 Å². The second-order valence-electron chi connectivity index (χ2n) is 6.45. The van der Waals surface area contributed by atoms with E-state index in [4.69, 9.17) is 16.3 Å². The van der Waals surface area contributed by atoms with Crippen LogP contribution in [-0.4, -0.2) is 32.7 Å². The summed E-state index contributed by atoms with van der Waals surface area (Å²) >= 11 is 5.94. The lowest BCUT2D eigenvalue weighted by atomic mass is 9.94. The van der Waals surface area contributed by atoms with E-state index in [-0.39, 0.29) is 5.91 Å². The van der Waals surface area contributed by atoms with Gasteiger partial charge in [0, 0.05) is 22.0 Å². The van der Waals surface area contributed by atoms with Crippen molar-refractivity contribution in [3.05, 3.63) is 70.4 Å². The number of aromatic nitrogens is 4. The van der Waals surface area contributed by atoms with Crippen molar-refractivity contribution in [3.8, 4) is 5.75 Å². The van der Waals surface area contributed by atoms with Gasteiger partial charge in [-0.2, -0.15) is 4.68 Å². The summed E-state index contributed by atoms with van der Waals surface area (Å²) in [6, 6.07) is 14.0. The van der Waals surface area contributed by atoms with Crippen LogP contribution in [0.3, 0.4) is 0 Å². The summed E-state index contributed by atoms with van der Waals surface area (Å²) in [5.41, 5.74) is 2.59. The number of nitrogens with one attached hydrogen (secondary N) is 2. The second kappa shape index (κ2) is 7.92. The van der Waals surface area contributed by atoms with Gasteiger partial charge in [0.1, 0.15) is 11.8 Å². The molecule has 1 aliphatic rings. The zero-order chi connectivity index (χ0) is 20.4. The fourth-order valence-corrected chi connectivity index (χ4v) is 3.44. The number of carbonyl (C=O) groups excluding carboxylic acids is 1. The molecule has 0 saturated heterocycles. The third-order valence-electron chi connectivity index (χ3n) is 4.57. The Morgan fingerprint density at radius 2 is 2.00 bits per heavy atom. The first-order valence-electron chi connectivity index (χ1n) is 9.12. The van der Waals surface area contributed by atoms with E-state index < -0.39 is 6.04 Å². The highest BCUT2D eigenvalue weighted by Gasteiger charge is 2.35. The molecule has 1 amide bonds. The number of benzene rings is 2. The third-order valence-corrected chi connectivity index (χ3v) is 4.83. The largest absolute Gasteiger partial charge is 0.494 e. The molecule has 148 valence electrons. The fraction of sp³-hybridized carbons (Fsp3) is 0.200. The van der Waals surface area contributed by atoms with Crippen molar-refractivity contribution in [2.24, 2.45) is 0 Å². The van der Waals surface area contributed by atoms with Crippen LogP contribution >= 0.6 is 11.6 Å². The average Bonchev–Trinajstić information content (AvgIpc) is 3.17. The normalized spacial score (nSPS) is 15.5. The Labute approximate surface area is 172 Å². The van der Waals surface area contributed by atoms with Gasteiger partial charge in [0.15, 0.2) is 0 Å². The number of allylic oxidation sites excluding steroid dienone is 1. The standard InChI is InChI=1S/C20H19ClN6O2/c1-3-29-16-7-5-4-6-15(16)18-17(12(2)22-20-24-25-26-27(18)20)19(28)23-14-10-8-13(21)9-11-14/h4-11,18H,3H2,1-2H3,(H,23,28)(H,22,24,26). The molecule has 0 spiro atoms. The topological polar surface area (TPSA) is 94.0 Å². The lowest BCUT2D eigenvalue weighted by Gasteiger charge is -2.29. The third kappa shape index (κ3) is 3.66. The number of tetrazole rings is 1. The minimum Gasteiger partial charge on any atom is -0.494 e. The fourth-order valence-electron chi connectivity index (χ4n) is 3.32. The average molecular weight is 411 g/mol. The molecule has 2 heterocycles. The maximum absolute atomic E-state index is 13.3. The maximum atomic E-state index is 13.3. The van der Waals surface area contributed by atoms with E-state index in [2.05, 4.69) is 26.2 Å². The molecule has 0 radical (unpaired) electrons. The van der Waals surface area contributed by atoms with Crippen LogP contribution in [0, 0.1) is 0 Å². The van der Waals surface area contributed by atoms with Crippen molar-refractivity contribution >= 4 is 29.1 Å². The smallest absolute Gasteiger partial charge is 0.255 e. The van der Waals surface area contributed by atoms with E-state index in [9.17, 15) is 4.79 Å².